The Morgan fingerprint density at radius 2 is 2.08 bits per heavy atom. The van der Waals surface area contributed by atoms with E-state index >= 15 is 0 Å². The first-order valence-electron chi connectivity index (χ1n) is 9.99. The zero-order chi connectivity index (χ0) is 18.5. The molecule has 3 rings (SSSR count). The molecule has 2 heterocycles. The summed E-state index contributed by atoms with van der Waals surface area (Å²) in [7, 11) is 0. The summed E-state index contributed by atoms with van der Waals surface area (Å²) in [5.41, 5.74) is 3.11. The Balaban J connectivity index is 1.92. The van der Waals surface area contributed by atoms with Crippen molar-refractivity contribution in [2.75, 3.05) is 6.54 Å². The van der Waals surface area contributed by atoms with Crippen LogP contribution in [0.5, 0.6) is 0 Å². The third kappa shape index (κ3) is 4.61. The molecule has 1 atom stereocenters. The molecule has 0 spiro atoms. The minimum atomic E-state index is -0.0649. The first-order chi connectivity index (χ1) is 12.6. The van der Waals surface area contributed by atoms with Crippen LogP contribution in [-0.2, 0) is 13.0 Å². The van der Waals surface area contributed by atoms with Crippen molar-refractivity contribution in [1.29, 1.82) is 0 Å². The second-order valence-electron chi connectivity index (χ2n) is 7.87. The fraction of sp³-hybridized carbons (Fsp3) is 0.545. The van der Waals surface area contributed by atoms with Crippen molar-refractivity contribution in [2.24, 2.45) is 5.92 Å². The highest BCUT2D eigenvalue weighted by atomic mass is 16.1. The molecule has 0 saturated carbocycles. The molecule has 0 amide bonds. The summed E-state index contributed by atoms with van der Waals surface area (Å²) in [5, 5.41) is 0. The van der Waals surface area contributed by atoms with Crippen LogP contribution in [0.15, 0.2) is 35.1 Å². The minimum Gasteiger partial charge on any atom is -0.307 e. The molecule has 0 aliphatic carbocycles. The summed E-state index contributed by atoms with van der Waals surface area (Å²) < 4.78 is 0. The number of aromatic nitrogens is 2. The van der Waals surface area contributed by atoms with Crippen LogP contribution in [0.2, 0.25) is 0 Å². The number of piperidine rings is 1. The van der Waals surface area contributed by atoms with E-state index in [0.29, 0.717) is 17.8 Å². The molecular formula is C22H31N3O. The molecule has 1 aromatic carbocycles. The van der Waals surface area contributed by atoms with Crippen LogP contribution in [0.1, 0.15) is 57.7 Å². The number of nitrogens with zero attached hydrogens (tertiary/aromatic N) is 2. The number of rotatable bonds is 6. The topological polar surface area (TPSA) is 49.0 Å². The summed E-state index contributed by atoms with van der Waals surface area (Å²) >= 11 is 0. The maximum Gasteiger partial charge on any atom is 0.251 e. The first kappa shape index (κ1) is 18.8. The molecule has 1 aromatic heterocycles. The molecule has 1 aliphatic rings. The second kappa shape index (κ2) is 8.63. The number of aromatic amines is 1. The van der Waals surface area contributed by atoms with Crippen molar-refractivity contribution in [3.8, 4) is 11.4 Å². The van der Waals surface area contributed by atoms with Gasteiger partial charge in [-0.3, -0.25) is 9.69 Å². The van der Waals surface area contributed by atoms with Crippen molar-refractivity contribution in [3.63, 3.8) is 0 Å². The van der Waals surface area contributed by atoms with E-state index in [-0.39, 0.29) is 5.56 Å². The van der Waals surface area contributed by atoms with Crippen LogP contribution < -0.4 is 5.56 Å². The van der Waals surface area contributed by atoms with Gasteiger partial charge in [0.1, 0.15) is 5.82 Å². The van der Waals surface area contributed by atoms with Crippen LogP contribution in [0.4, 0.5) is 0 Å². The second-order valence-corrected chi connectivity index (χ2v) is 7.87. The molecule has 4 heteroatoms. The van der Waals surface area contributed by atoms with Gasteiger partial charge in [-0.05, 0) is 43.7 Å². The molecule has 2 aromatic rings. The zero-order valence-corrected chi connectivity index (χ0v) is 16.3. The van der Waals surface area contributed by atoms with Gasteiger partial charge in [-0.1, -0.05) is 51.5 Å². The number of benzene rings is 1. The van der Waals surface area contributed by atoms with Crippen LogP contribution in [0, 0.1) is 5.92 Å². The molecule has 1 aliphatic heterocycles. The molecule has 1 fully saturated rings. The standard InChI is InChI=1S/C22H31N3O/c1-4-19-10-7-8-12-25(19)15-17-9-5-6-11-20(17)22-23-18(13-16(2)3)14-21(26)24-22/h5-6,9,11,14,16,19H,4,7-8,10,12-13,15H2,1-3H3,(H,23,24,26). The molecule has 140 valence electrons. The highest BCUT2D eigenvalue weighted by Gasteiger charge is 2.22. The van der Waals surface area contributed by atoms with E-state index in [1.807, 2.05) is 6.07 Å². The van der Waals surface area contributed by atoms with Gasteiger partial charge in [0.15, 0.2) is 0 Å². The SMILES string of the molecule is CCC1CCCCN1Cc1ccccc1-c1nc(CC(C)C)cc(=O)[nH]1. The molecule has 0 radical (unpaired) electrons. The van der Waals surface area contributed by atoms with Gasteiger partial charge >= 0.3 is 0 Å². The zero-order valence-electron chi connectivity index (χ0n) is 16.3. The van der Waals surface area contributed by atoms with Crippen LogP contribution in [0.25, 0.3) is 11.4 Å². The molecule has 0 bridgehead atoms. The van der Waals surface area contributed by atoms with Crippen molar-refractivity contribution in [1.82, 2.24) is 14.9 Å². The molecular weight excluding hydrogens is 322 g/mol. The highest BCUT2D eigenvalue weighted by molar-refractivity contribution is 5.60. The predicted octanol–water partition coefficient (Wildman–Crippen LogP) is 4.40. The predicted molar refractivity (Wildman–Crippen MR) is 107 cm³/mol. The number of hydrogen-bond acceptors (Lipinski definition) is 3. The summed E-state index contributed by atoms with van der Waals surface area (Å²) in [4.78, 5) is 22.5. The Bertz CT molecular complexity index is 781. The summed E-state index contributed by atoms with van der Waals surface area (Å²) in [5.74, 6) is 1.18. The normalized spacial score (nSPS) is 18.4. The Morgan fingerprint density at radius 3 is 2.85 bits per heavy atom. The molecule has 1 saturated heterocycles. The lowest BCUT2D eigenvalue weighted by atomic mass is 9.98. The maximum atomic E-state index is 12.2. The largest absolute Gasteiger partial charge is 0.307 e. The highest BCUT2D eigenvalue weighted by Crippen LogP contribution is 2.26. The van der Waals surface area contributed by atoms with Crippen LogP contribution >= 0.6 is 0 Å². The van der Waals surface area contributed by atoms with Gasteiger partial charge in [0.2, 0.25) is 0 Å². The van der Waals surface area contributed by atoms with Crippen molar-refractivity contribution in [3.05, 3.63) is 51.9 Å². The lowest BCUT2D eigenvalue weighted by molar-refractivity contribution is 0.136. The molecule has 1 unspecified atom stereocenters. The lowest BCUT2D eigenvalue weighted by Gasteiger charge is -2.35. The molecule has 4 nitrogen and oxygen atoms in total. The average molecular weight is 354 g/mol. The first-order valence-corrected chi connectivity index (χ1v) is 9.99. The van der Waals surface area contributed by atoms with E-state index in [1.165, 1.54) is 31.2 Å². The van der Waals surface area contributed by atoms with Gasteiger partial charge in [0, 0.05) is 29.9 Å². The van der Waals surface area contributed by atoms with Crippen molar-refractivity contribution >= 4 is 0 Å². The molecule has 26 heavy (non-hydrogen) atoms. The van der Waals surface area contributed by atoms with Crippen LogP contribution in [0.3, 0.4) is 0 Å². The fourth-order valence-electron chi connectivity index (χ4n) is 4.00. The summed E-state index contributed by atoms with van der Waals surface area (Å²) in [6.45, 7) is 8.66. The van der Waals surface area contributed by atoms with E-state index < -0.39 is 0 Å². The van der Waals surface area contributed by atoms with Gasteiger partial charge < -0.3 is 4.98 Å². The van der Waals surface area contributed by atoms with Crippen LogP contribution in [-0.4, -0.2) is 27.5 Å². The van der Waals surface area contributed by atoms with Gasteiger partial charge in [-0.2, -0.15) is 0 Å². The van der Waals surface area contributed by atoms with Crippen molar-refractivity contribution < 1.29 is 0 Å². The van der Waals surface area contributed by atoms with E-state index in [2.05, 4.69) is 48.9 Å². The quantitative estimate of drug-likeness (QED) is 0.837. The Hall–Kier alpha value is -1.94. The number of H-pyrrole nitrogens is 1. The third-order valence-electron chi connectivity index (χ3n) is 5.28. The Labute approximate surface area is 156 Å². The monoisotopic (exact) mass is 353 g/mol. The van der Waals surface area contributed by atoms with E-state index in [4.69, 9.17) is 4.98 Å². The number of likely N-dealkylation sites (tertiary alicyclic amines) is 1. The Kier molecular flexibility index (Phi) is 6.25. The molecule has 1 N–H and O–H groups in total. The number of nitrogens with one attached hydrogen (secondary N) is 1. The van der Waals surface area contributed by atoms with Gasteiger partial charge in [0.05, 0.1) is 0 Å². The van der Waals surface area contributed by atoms with Gasteiger partial charge in [-0.15, -0.1) is 0 Å². The van der Waals surface area contributed by atoms with E-state index in [9.17, 15) is 4.79 Å². The number of hydrogen-bond donors (Lipinski definition) is 1. The summed E-state index contributed by atoms with van der Waals surface area (Å²) in [6, 6.07) is 10.7. The smallest absolute Gasteiger partial charge is 0.251 e. The lowest BCUT2D eigenvalue weighted by Crippen LogP contribution is -2.38. The Morgan fingerprint density at radius 1 is 1.27 bits per heavy atom. The maximum absolute atomic E-state index is 12.2. The fourth-order valence-corrected chi connectivity index (χ4v) is 4.00. The van der Waals surface area contributed by atoms with Gasteiger partial charge in [0.25, 0.3) is 5.56 Å². The summed E-state index contributed by atoms with van der Waals surface area (Å²) in [6.07, 6.45) is 5.92. The van der Waals surface area contributed by atoms with E-state index in [0.717, 1.165) is 30.8 Å². The van der Waals surface area contributed by atoms with E-state index in [1.54, 1.807) is 6.07 Å². The average Bonchev–Trinajstić information content (AvgIpc) is 2.61. The van der Waals surface area contributed by atoms with Gasteiger partial charge in [-0.25, -0.2) is 4.98 Å². The minimum absolute atomic E-state index is 0.0649. The van der Waals surface area contributed by atoms with Crippen molar-refractivity contribution in [2.45, 2.75) is 65.5 Å². The third-order valence-corrected chi connectivity index (χ3v) is 5.28.